The summed E-state index contributed by atoms with van der Waals surface area (Å²) in [4.78, 5) is 8.97. The van der Waals surface area contributed by atoms with Gasteiger partial charge in [-0.05, 0) is 12.5 Å². The molecule has 108 valence electrons. The largest absolute Gasteiger partial charge is 0.370 e. The van der Waals surface area contributed by atoms with Crippen LogP contribution in [0, 0.1) is 0 Å². The maximum Gasteiger partial charge on any atom is 0.132 e. The normalized spacial score (nSPS) is 10.6. The molecule has 2 N–H and O–H groups in total. The first kappa shape index (κ1) is 14.3. The molecular weight excluding hydrogens is 252 g/mol. The highest BCUT2D eigenvalue weighted by atomic mass is 15.3. The van der Waals surface area contributed by atoms with E-state index in [1.54, 1.807) is 6.20 Å². The van der Waals surface area contributed by atoms with Crippen molar-refractivity contribution in [3.8, 4) is 0 Å². The number of anilines is 2. The van der Waals surface area contributed by atoms with E-state index >= 15 is 0 Å². The Hall–Kier alpha value is -2.11. The zero-order valence-electron chi connectivity index (χ0n) is 12.3. The van der Waals surface area contributed by atoms with Crippen LogP contribution in [0.5, 0.6) is 0 Å². The summed E-state index contributed by atoms with van der Waals surface area (Å²) in [5, 5.41) is 10.8. The third kappa shape index (κ3) is 3.69. The quantitative estimate of drug-likeness (QED) is 0.810. The predicted molar refractivity (Wildman–Crippen MR) is 80.7 cm³/mol. The highest BCUT2D eigenvalue weighted by molar-refractivity contribution is 5.47. The molecule has 0 aliphatic carbocycles. The first-order chi connectivity index (χ1) is 9.72. The van der Waals surface area contributed by atoms with E-state index in [4.69, 9.17) is 0 Å². The fourth-order valence-corrected chi connectivity index (χ4v) is 1.85. The minimum absolute atomic E-state index is 0.698. The van der Waals surface area contributed by atoms with E-state index in [0.29, 0.717) is 6.54 Å². The maximum absolute atomic E-state index is 4.50. The molecule has 2 aromatic rings. The van der Waals surface area contributed by atoms with Crippen molar-refractivity contribution in [1.82, 2.24) is 19.7 Å². The summed E-state index contributed by atoms with van der Waals surface area (Å²) in [6.07, 6.45) is 3.69. The van der Waals surface area contributed by atoms with Gasteiger partial charge in [-0.25, -0.2) is 9.97 Å². The van der Waals surface area contributed by atoms with Gasteiger partial charge in [-0.3, -0.25) is 4.68 Å². The van der Waals surface area contributed by atoms with Gasteiger partial charge in [-0.1, -0.05) is 13.8 Å². The molecular formula is C14H22N6. The molecule has 2 rings (SSSR count). The van der Waals surface area contributed by atoms with Crippen LogP contribution in [-0.2, 0) is 20.0 Å². The summed E-state index contributed by atoms with van der Waals surface area (Å²) in [6, 6.07) is 3.94. The van der Waals surface area contributed by atoms with Gasteiger partial charge >= 0.3 is 0 Å². The van der Waals surface area contributed by atoms with E-state index in [1.807, 2.05) is 23.9 Å². The molecule has 0 fully saturated rings. The van der Waals surface area contributed by atoms with Crippen molar-refractivity contribution < 1.29 is 0 Å². The van der Waals surface area contributed by atoms with E-state index in [0.717, 1.165) is 42.5 Å². The molecule has 6 heteroatoms. The number of aryl methyl sites for hydroxylation is 2. The fourth-order valence-electron chi connectivity index (χ4n) is 1.85. The molecule has 2 aromatic heterocycles. The Kier molecular flexibility index (Phi) is 4.92. The van der Waals surface area contributed by atoms with Crippen LogP contribution in [0.1, 0.15) is 31.8 Å². The van der Waals surface area contributed by atoms with Gasteiger partial charge in [0, 0.05) is 32.3 Å². The molecule has 0 saturated heterocycles. The van der Waals surface area contributed by atoms with Crippen molar-refractivity contribution in [2.45, 2.75) is 33.2 Å². The van der Waals surface area contributed by atoms with Crippen molar-refractivity contribution in [2.24, 2.45) is 7.05 Å². The minimum atomic E-state index is 0.698. The molecule has 0 spiro atoms. The Morgan fingerprint density at radius 1 is 1.15 bits per heavy atom. The summed E-state index contributed by atoms with van der Waals surface area (Å²) in [5.41, 5.74) is 1.12. The standard InChI is InChI=1S/C14H22N6/c1-4-7-15-13-9-14(19-12(5-2)18-13)16-10-11-6-8-17-20(11)3/h6,8-9H,4-5,7,10H2,1-3H3,(H2,15,16,18,19). The van der Waals surface area contributed by atoms with E-state index in [-0.39, 0.29) is 0 Å². The van der Waals surface area contributed by atoms with Gasteiger partial charge in [0.2, 0.25) is 0 Å². The third-order valence-corrected chi connectivity index (χ3v) is 3.02. The molecule has 0 aromatic carbocycles. The number of nitrogens with one attached hydrogen (secondary N) is 2. The monoisotopic (exact) mass is 274 g/mol. The molecule has 0 aliphatic heterocycles. The number of nitrogens with zero attached hydrogens (tertiary/aromatic N) is 4. The summed E-state index contributed by atoms with van der Waals surface area (Å²) >= 11 is 0. The number of hydrogen-bond acceptors (Lipinski definition) is 5. The minimum Gasteiger partial charge on any atom is -0.370 e. The second-order valence-electron chi connectivity index (χ2n) is 4.63. The van der Waals surface area contributed by atoms with Crippen molar-refractivity contribution in [3.05, 3.63) is 29.8 Å². The lowest BCUT2D eigenvalue weighted by molar-refractivity contribution is 0.719. The first-order valence-electron chi connectivity index (χ1n) is 7.05. The van der Waals surface area contributed by atoms with E-state index in [1.165, 1.54) is 0 Å². The summed E-state index contributed by atoms with van der Waals surface area (Å²) in [6.45, 7) is 5.81. The molecule has 0 radical (unpaired) electrons. The van der Waals surface area contributed by atoms with Gasteiger partial charge < -0.3 is 10.6 Å². The topological polar surface area (TPSA) is 67.7 Å². The zero-order chi connectivity index (χ0) is 14.4. The van der Waals surface area contributed by atoms with E-state index < -0.39 is 0 Å². The van der Waals surface area contributed by atoms with Crippen LogP contribution < -0.4 is 10.6 Å². The number of aromatic nitrogens is 4. The molecule has 0 amide bonds. The molecule has 2 heterocycles. The van der Waals surface area contributed by atoms with E-state index in [9.17, 15) is 0 Å². The lowest BCUT2D eigenvalue weighted by Gasteiger charge is -2.10. The van der Waals surface area contributed by atoms with Gasteiger partial charge in [0.25, 0.3) is 0 Å². The third-order valence-electron chi connectivity index (χ3n) is 3.02. The van der Waals surface area contributed by atoms with E-state index in [2.05, 4.69) is 39.5 Å². The lowest BCUT2D eigenvalue weighted by atomic mass is 10.4. The average Bonchev–Trinajstić information content (AvgIpc) is 2.88. The van der Waals surface area contributed by atoms with Crippen molar-refractivity contribution >= 4 is 11.6 Å². The highest BCUT2D eigenvalue weighted by Crippen LogP contribution is 2.13. The molecule has 0 saturated carbocycles. The maximum atomic E-state index is 4.50. The van der Waals surface area contributed by atoms with Crippen LogP contribution in [-0.4, -0.2) is 26.3 Å². The average molecular weight is 274 g/mol. The molecule has 0 unspecified atom stereocenters. The summed E-state index contributed by atoms with van der Waals surface area (Å²) in [7, 11) is 1.93. The van der Waals surface area contributed by atoms with Gasteiger partial charge in [0.1, 0.15) is 17.5 Å². The second-order valence-corrected chi connectivity index (χ2v) is 4.63. The zero-order valence-corrected chi connectivity index (χ0v) is 12.3. The van der Waals surface area contributed by atoms with Crippen molar-refractivity contribution in [1.29, 1.82) is 0 Å². The Labute approximate surface area is 119 Å². The van der Waals surface area contributed by atoms with Crippen molar-refractivity contribution in [3.63, 3.8) is 0 Å². The molecule has 0 aliphatic rings. The molecule has 6 nitrogen and oxygen atoms in total. The van der Waals surface area contributed by atoms with Gasteiger partial charge in [-0.15, -0.1) is 0 Å². The first-order valence-corrected chi connectivity index (χ1v) is 7.05. The van der Waals surface area contributed by atoms with Crippen LogP contribution in [0.2, 0.25) is 0 Å². The lowest BCUT2D eigenvalue weighted by Crippen LogP contribution is -2.10. The Morgan fingerprint density at radius 3 is 2.50 bits per heavy atom. The van der Waals surface area contributed by atoms with Crippen LogP contribution in [0.25, 0.3) is 0 Å². The molecule has 0 bridgehead atoms. The predicted octanol–water partition coefficient (Wildman–Crippen LogP) is 2.21. The van der Waals surface area contributed by atoms with Crippen LogP contribution in [0.3, 0.4) is 0 Å². The Bertz CT molecular complexity index is 548. The highest BCUT2D eigenvalue weighted by Gasteiger charge is 2.04. The summed E-state index contributed by atoms with van der Waals surface area (Å²) < 4.78 is 1.85. The molecule has 0 atom stereocenters. The molecule has 20 heavy (non-hydrogen) atoms. The van der Waals surface area contributed by atoms with Gasteiger partial charge in [0.05, 0.1) is 12.2 Å². The number of rotatable bonds is 7. The fraction of sp³-hybridized carbons (Fsp3) is 0.500. The van der Waals surface area contributed by atoms with Gasteiger partial charge in [0.15, 0.2) is 0 Å². The number of hydrogen-bond donors (Lipinski definition) is 2. The van der Waals surface area contributed by atoms with Gasteiger partial charge in [-0.2, -0.15) is 5.10 Å². The smallest absolute Gasteiger partial charge is 0.132 e. The Balaban J connectivity index is 2.07. The second kappa shape index (κ2) is 6.88. The van der Waals surface area contributed by atoms with Crippen molar-refractivity contribution in [2.75, 3.05) is 17.2 Å². The van der Waals surface area contributed by atoms with Crippen LogP contribution >= 0.6 is 0 Å². The SMILES string of the molecule is CCCNc1cc(NCc2ccnn2C)nc(CC)n1. The Morgan fingerprint density at radius 2 is 1.90 bits per heavy atom. The van der Waals surface area contributed by atoms with Crippen LogP contribution in [0.4, 0.5) is 11.6 Å². The summed E-state index contributed by atoms with van der Waals surface area (Å²) in [5.74, 6) is 2.57. The van der Waals surface area contributed by atoms with Crippen LogP contribution in [0.15, 0.2) is 18.3 Å².